The largest absolute Gasteiger partial charge is 0.465 e. The van der Waals surface area contributed by atoms with Crippen molar-refractivity contribution in [3.8, 4) is 11.3 Å². The molecule has 188 valence electrons. The van der Waals surface area contributed by atoms with Crippen LogP contribution in [0, 0.1) is 17.0 Å². The Morgan fingerprint density at radius 2 is 1.71 bits per heavy atom. The van der Waals surface area contributed by atoms with Crippen molar-refractivity contribution in [2.75, 3.05) is 12.0 Å². The monoisotopic (exact) mass is 506 g/mol. The maximum absolute atomic E-state index is 13.7. The highest BCUT2D eigenvalue weighted by atomic mass is 16.6. The lowest BCUT2D eigenvalue weighted by molar-refractivity contribution is -0.384. The summed E-state index contributed by atoms with van der Waals surface area (Å²) in [7, 11) is 1.33. The number of ether oxygens (including phenoxy) is 1. The van der Waals surface area contributed by atoms with Crippen LogP contribution in [0.3, 0.4) is 0 Å². The van der Waals surface area contributed by atoms with Crippen molar-refractivity contribution in [3.05, 3.63) is 129 Å². The molecule has 1 amide bonds. The van der Waals surface area contributed by atoms with E-state index in [0.29, 0.717) is 39.6 Å². The molecule has 1 aliphatic rings. The molecular weight excluding hydrogens is 484 g/mol. The van der Waals surface area contributed by atoms with E-state index in [2.05, 4.69) is 0 Å². The lowest BCUT2D eigenvalue weighted by Gasteiger charge is -2.22. The number of aryl methyl sites for hydroxylation is 1. The number of amides is 1. The Morgan fingerprint density at radius 1 is 0.974 bits per heavy atom. The first kappa shape index (κ1) is 24.5. The minimum atomic E-state index is -0.459. The average Bonchev–Trinajstić information content (AvgIpc) is 3.53. The van der Waals surface area contributed by atoms with Gasteiger partial charge in [0.2, 0.25) is 0 Å². The van der Waals surface area contributed by atoms with E-state index in [0.717, 1.165) is 11.1 Å². The van der Waals surface area contributed by atoms with Crippen LogP contribution in [0.25, 0.3) is 23.1 Å². The summed E-state index contributed by atoms with van der Waals surface area (Å²) < 4.78 is 10.7. The zero-order valence-electron chi connectivity index (χ0n) is 20.6. The molecule has 38 heavy (non-hydrogen) atoms. The van der Waals surface area contributed by atoms with Gasteiger partial charge in [0.1, 0.15) is 11.5 Å². The maximum Gasteiger partial charge on any atom is 0.337 e. The summed E-state index contributed by atoms with van der Waals surface area (Å²) in [6, 6.07) is 24.3. The number of hydrogen-bond acceptors (Lipinski definition) is 6. The van der Waals surface area contributed by atoms with Gasteiger partial charge < -0.3 is 9.15 Å². The molecule has 8 heteroatoms. The molecule has 3 aromatic carbocycles. The van der Waals surface area contributed by atoms with Crippen molar-refractivity contribution < 1.29 is 23.7 Å². The van der Waals surface area contributed by atoms with Gasteiger partial charge in [-0.05, 0) is 60.5 Å². The Morgan fingerprint density at radius 3 is 2.37 bits per heavy atom. The molecule has 8 nitrogen and oxygen atoms in total. The fourth-order valence-corrected chi connectivity index (χ4v) is 4.31. The molecule has 0 bridgehead atoms. The number of nitro groups is 1. The quantitative estimate of drug-likeness (QED) is 0.129. The van der Waals surface area contributed by atoms with Crippen LogP contribution in [0.4, 0.5) is 11.4 Å². The van der Waals surface area contributed by atoms with Crippen molar-refractivity contribution in [3.63, 3.8) is 0 Å². The maximum atomic E-state index is 13.7. The van der Waals surface area contributed by atoms with Gasteiger partial charge in [0.25, 0.3) is 11.6 Å². The second kappa shape index (κ2) is 10.0. The van der Waals surface area contributed by atoms with E-state index in [1.54, 1.807) is 66.4 Å². The van der Waals surface area contributed by atoms with E-state index >= 15 is 0 Å². The Balaban J connectivity index is 1.50. The number of rotatable bonds is 6. The van der Waals surface area contributed by atoms with Crippen LogP contribution in [0.2, 0.25) is 0 Å². The summed E-state index contributed by atoms with van der Waals surface area (Å²) >= 11 is 0. The SMILES string of the molecule is COC(=O)c1ccc(-c2ccc(/C=C3\C=C(c4ccccc4)N(c4ccc([N+](=O)[O-])cc4C)C3=O)o2)cc1. The van der Waals surface area contributed by atoms with E-state index in [1.165, 1.54) is 19.2 Å². The van der Waals surface area contributed by atoms with E-state index in [4.69, 9.17) is 9.15 Å². The van der Waals surface area contributed by atoms with Gasteiger partial charge in [-0.25, -0.2) is 4.79 Å². The third-order valence-electron chi connectivity index (χ3n) is 6.20. The van der Waals surface area contributed by atoms with Crippen LogP contribution in [-0.2, 0) is 9.53 Å². The number of benzene rings is 3. The Bertz CT molecular complexity index is 1610. The molecule has 5 rings (SSSR count). The molecule has 1 aromatic heterocycles. The molecule has 0 fully saturated rings. The molecule has 0 unspecified atom stereocenters. The number of esters is 1. The first-order chi connectivity index (χ1) is 18.4. The van der Waals surface area contributed by atoms with Gasteiger partial charge in [-0.15, -0.1) is 0 Å². The van der Waals surface area contributed by atoms with E-state index in [-0.39, 0.29) is 11.6 Å². The number of non-ortho nitro benzene ring substituents is 1. The molecule has 0 aliphatic carbocycles. The van der Waals surface area contributed by atoms with Gasteiger partial charge in [-0.2, -0.15) is 0 Å². The van der Waals surface area contributed by atoms with Crippen molar-refractivity contribution in [2.45, 2.75) is 6.92 Å². The first-order valence-electron chi connectivity index (χ1n) is 11.7. The highest BCUT2D eigenvalue weighted by Gasteiger charge is 2.32. The average molecular weight is 507 g/mol. The van der Waals surface area contributed by atoms with E-state index in [1.807, 2.05) is 30.3 Å². The normalized spacial score (nSPS) is 14.1. The second-order valence-corrected chi connectivity index (χ2v) is 8.63. The molecule has 0 radical (unpaired) electrons. The van der Waals surface area contributed by atoms with Crippen LogP contribution in [0.5, 0.6) is 0 Å². The highest BCUT2D eigenvalue weighted by molar-refractivity contribution is 6.23. The number of nitrogens with zero attached hydrogens (tertiary/aromatic N) is 2. The molecule has 0 saturated carbocycles. The molecular formula is C30H22N2O6. The predicted molar refractivity (Wildman–Crippen MR) is 143 cm³/mol. The molecule has 2 heterocycles. The number of hydrogen-bond donors (Lipinski definition) is 0. The molecule has 0 saturated heterocycles. The Labute approximate surface area is 218 Å². The minimum absolute atomic E-state index is 0.0402. The lowest BCUT2D eigenvalue weighted by Crippen LogP contribution is -2.25. The zero-order chi connectivity index (χ0) is 26.8. The number of furan rings is 1. The lowest BCUT2D eigenvalue weighted by atomic mass is 10.1. The highest BCUT2D eigenvalue weighted by Crippen LogP contribution is 2.38. The Kier molecular flexibility index (Phi) is 6.45. The van der Waals surface area contributed by atoms with E-state index in [9.17, 15) is 19.7 Å². The van der Waals surface area contributed by atoms with Gasteiger partial charge in [0, 0.05) is 23.3 Å². The molecule has 0 spiro atoms. The summed E-state index contributed by atoms with van der Waals surface area (Å²) in [5.74, 6) is 0.358. The number of carbonyl (C=O) groups excluding carboxylic acids is 2. The van der Waals surface area contributed by atoms with Crippen LogP contribution in [-0.4, -0.2) is 23.9 Å². The van der Waals surface area contributed by atoms with Crippen molar-refractivity contribution in [1.29, 1.82) is 0 Å². The first-order valence-corrected chi connectivity index (χ1v) is 11.7. The van der Waals surface area contributed by atoms with Crippen LogP contribution in [0.15, 0.2) is 101 Å². The smallest absolute Gasteiger partial charge is 0.337 e. The number of nitro benzene ring substituents is 1. The van der Waals surface area contributed by atoms with Gasteiger partial charge in [0.05, 0.1) is 29.0 Å². The third-order valence-corrected chi connectivity index (χ3v) is 6.20. The summed E-state index contributed by atoms with van der Waals surface area (Å²) in [4.78, 5) is 37.7. The van der Waals surface area contributed by atoms with Crippen molar-refractivity contribution in [2.24, 2.45) is 0 Å². The molecule has 1 aliphatic heterocycles. The fourth-order valence-electron chi connectivity index (χ4n) is 4.31. The topological polar surface area (TPSA) is 103 Å². The standard InChI is InChI=1S/C30H22N2O6/c1-19-16-24(32(35)36)12-14-26(19)31-27(20-6-4-3-5-7-20)18-23(29(31)33)17-25-13-15-28(38-25)21-8-10-22(11-9-21)30(34)37-2/h3-18H,1-2H3/b23-17+. The van der Waals surface area contributed by atoms with Crippen LogP contribution in [0.1, 0.15) is 27.2 Å². The van der Waals surface area contributed by atoms with E-state index < -0.39 is 10.9 Å². The van der Waals surface area contributed by atoms with Crippen LogP contribution >= 0.6 is 0 Å². The van der Waals surface area contributed by atoms with Gasteiger partial charge >= 0.3 is 5.97 Å². The molecule has 0 atom stereocenters. The second-order valence-electron chi connectivity index (χ2n) is 8.63. The predicted octanol–water partition coefficient (Wildman–Crippen LogP) is 6.42. The number of anilines is 1. The number of carbonyl (C=O) groups is 2. The summed E-state index contributed by atoms with van der Waals surface area (Å²) in [5, 5.41) is 11.2. The van der Waals surface area contributed by atoms with Gasteiger partial charge in [0.15, 0.2) is 0 Å². The number of methoxy groups -OCH3 is 1. The van der Waals surface area contributed by atoms with Crippen LogP contribution < -0.4 is 4.90 Å². The van der Waals surface area contributed by atoms with Crippen molar-refractivity contribution in [1.82, 2.24) is 0 Å². The van der Waals surface area contributed by atoms with Gasteiger partial charge in [-0.3, -0.25) is 19.8 Å². The fraction of sp³-hybridized carbons (Fsp3) is 0.0667. The minimum Gasteiger partial charge on any atom is -0.465 e. The summed E-state index contributed by atoms with van der Waals surface area (Å²) in [6.07, 6.45) is 3.45. The summed E-state index contributed by atoms with van der Waals surface area (Å²) in [6.45, 7) is 1.74. The third kappa shape index (κ3) is 4.62. The summed E-state index contributed by atoms with van der Waals surface area (Å²) in [5.41, 5.74) is 4.21. The Hall–Kier alpha value is -5.24. The molecule has 4 aromatic rings. The zero-order valence-corrected chi connectivity index (χ0v) is 20.6. The molecule has 0 N–H and O–H groups in total. The van der Waals surface area contributed by atoms with Gasteiger partial charge in [-0.1, -0.05) is 42.5 Å². The van der Waals surface area contributed by atoms with Crippen molar-refractivity contribution >= 4 is 35.0 Å².